The first-order valence-electron chi connectivity index (χ1n) is 7.41. The summed E-state index contributed by atoms with van der Waals surface area (Å²) in [5.74, 6) is 0.993. The van der Waals surface area contributed by atoms with E-state index in [2.05, 4.69) is 0 Å². The Hall–Kier alpha value is -1.10. The highest BCUT2D eigenvalue weighted by Gasteiger charge is 2.36. The van der Waals surface area contributed by atoms with Crippen molar-refractivity contribution in [2.24, 2.45) is 11.8 Å². The minimum absolute atomic E-state index is 0.112. The van der Waals surface area contributed by atoms with Crippen LogP contribution in [0.5, 0.6) is 0 Å². The van der Waals surface area contributed by atoms with Gasteiger partial charge in [-0.1, -0.05) is 0 Å². The van der Waals surface area contributed by atoms with Gasteiger partial charge in [0.25, 0.3) is 0 Å². The molecule has 19 heavy (non-hydrogen) atoms. The van der Waals surface area contributed by atoms with Gasteiger partial charge >= 0.3 is 0 Å². The molecular weight excluding hydrogens is 244 g/mol. The number of morpholine rings is 1. The Morgan fingerprint density at radius 2 is 1.21 bits per heavy atom. The van der Waals surface area contributed by atoms with E-state index in [9.17, 15) is 9.59 Å². The normalized spacial score (nSPS) is 25.5. The number of likely N-dealkylation sites (tertiary alicyclic amines) is 1. The number of ether oxygens (including phenoxy) is 1. The van der Waals surface area contributed by atoms with Crippen LogP contribution in [-0.4, -0.2) is 61.0 Å². The van der Waals surface area contributed by atoms with Gasteiger partial charge in [-0.05, 0) is 25.7 Å². The van der Waals surface area contributed by atoms with E-state index < -0.39 is 0 Å². The van der Waals surface area contributed by atoms with Crippen LogP contribution in [0.1, 0.15) is 25.7 Å². The van der Waals surface area contributed by atoms with Crippen LogP contribution in [0.25, 0.3) is 0 Å². The second-order valence-electron chi connectivity index (χ2n) is 5.81. The molecule has 0 radical (unpaired) electrons. The minimum atomic E-state index is 0.112. The first-order valence-corrected chi connectivity index (χ1v) is 7.41. The predicted molar refractivity (Wildman–Crippen MR) is 69.4 cm³/mol. The molecule has 2 amide bonds. The largest absolute Gasteiger partial charge is 0.378 e. The van der Waals surface area contributed by atoms with Crippen molar-refractivity contribution in [1.29, 1.82) is 0 Å². The van der Waals surface area contributed by atoms with Gasteiger partial charge in [0.05, 0.1) is 13.2 Å². The van der Waals surface area contributed by atoms with Gasteiger partial charge in [0.1, 0.15) is 0 Å². The first kappa shape index (κ1) is 12.9. The summed E-state index contributed by atoms with van der Waals surface area (Å²) in [4.78, 5) is 28.2. The highest BCUT2D eigenvalue weighted by atomic mass is 16.5. The maximum absolute atomic E-state index is 12.3. The average molecular weight is 266 g/mol. The van der Waals surface area contributed by atoms with Crippen LogP contribution in [-0.2, 0) is 14.3 Å². The summed E-state index contributed by atoms with van der Waals surface area (Å²) in [5, 5.41) is 0. The lowest BCUT2D eigenvalue weighted by Crippen LogP contribution is -2.47. The van der Waals surface area contributed by atoms with E-state index in [0.29, 0.717) is 25.0 Å². The monoisotopic (exact) mass is 266 g/mol. The van der Waals surface area contributed by atoms with Gasteiger partial charge in [-0.3, -0.25) is 9.59 Å². The van der Waals surface area contributed by atoms with Gasteiger partial charge in [-0.2, -0.15) is 0 Å². The zero-order valence-electron chi connectivity index (χ0n) is 11.3. The lowest BCUT2D eigenvalue weighted by Gasteiger charge is -2.35. The van der Waals surface area contributed by atoms with Crippen LogP contribution in [0.4, 0.5) is 0 Å². The smallest absolute Gasteiger partial charge is 0.225 e. The zero-order chi connectivity index (χ0) is 13.2. The Morgan fingerprint density at radius 3 is 1.74 bits per heavy atom. The van der Waals surface area contributed by atoms with Gasteiger partial charge in [-0.15, -0.1) is 0 Å². The molecule has 0 bridgehead atoms. The molecule has 3 fully saturated rings. The Bertz CT molecular complexity index is 354. The van der Waals surface area contributed by atoms with E-state index in [4.69, 9.17) is 4.74 Å². The van der Waals surface area contributed by atoms with Gasteiger partial charge in [0.2, 0.25) is 11.8 Å². The highest BCUT2D eigenvalue weighted by molar-refractivity contribution is 5.82. The molecule has 2 saturated heterocycles. The molecule has 0 unspecified atom stereocenters. The van der Waals surface area contributed by atoms with Crippen molar-refractivity contribution in [2.45, 2.75) is 25.7 Å². The topological polar surface area (TPSA) is 49.9 Å². The lowest BCUT2D eigenvalue weighted by atomic mass is 9.95. The van der Waals surface area contributed by atoms with Crippen molar-refractivity contribution >= 4 is 11.8 Å². The van der Waals surface area contributed by atoms with Gasteiger partial charge in [0.15, 0.2) is 0 Å². The van der Waals surface area contributed by atoms with Gasteiger partial charge in [0, 0.05) is 38.0 Å². The number of hydrogen-bond donors (Lipinski definition) is 0. The van der Waals surface area contributed by atoms with E-state index in [-0.39, 0.29) is 11.8 Å². The Balaban J connectivity index is 1.48. The van der Waals surface area contributed by atoms with Gasteiger partial charge < -0.3 is 14.5 Å². The summed E-state index contributed by atoms with van der Waals surface area (Å²) in [6.07, 6.45) is 3.78. The van der Waals surface area contributed by atoms with Crippen LogP contribution < -0.4 is 0 Å². The standard InChI is InChI=1S/C14H22N2O3/c17-13(11-1-2-11)15-5-3-12(4-6-15)14(18)16-7-9-19-10-8-16/h11-12H,1-10H2. The molecule has 0 atom stereocenters. The maximum Gasteiger partial charge on any atom is 0.225 e. The van der Waals surface area contributed by atoms with Crippen molar-refractivity contribution in [3.8, 4) is 0 Å². The summed E-state index contributed by atoms with van der Waals surface area (Å²) in [6.45, 7) is 4.28. The van der Waals surface area contributed by atoms with E-state index in [1.165, 1.54) is 0 Å². The third-order valence-corrected chi connectivity index (χ3v) is 4.41. The van der Waals surface area contributed by atoms with Crippen LogP contribution >= 0.6 is 0 Å². The number of hydrogen-bond acceptors (Lipinski definition) is 3. The molecule has 0 N–H and O–H groups in total. The highest BCUT2D eigenvalue weighted by Crippen LogP contribution is 2.32. The second kappa shape index (κ2) is 5.49. The molecule has 2 heterocycles. The fourth-order valence-corrected chi connectivity index (χ4v) is 2.98. The lowest BCUT2D eigenvalue weighted by molar-refractivity contribution is -0.144. The van der Waals surface area contributed by atoms with E-state index in [1.807, 2.05) is 9.80 Å². The summed E-state index contributed by atoms with van der Waals surface area (Å²) in [5.41, 5.74) is 0. The van der Waals surface area contributed by atoms with Crippen molar-refractivity contribution < 1.29 is 14.3 Å². The third-order valence-electron chi connectivity index (χ3n) is 4.41. The Morgan fingerprint density at radius 1 is 0.737 bits per heavy atom. The van der Waals surface area contributed by atoms with Crippen molar-refractivity contribution in [1.82, 2.24) is 9.80 Å². The number of carbonyl (C=O) groups excluding carboxylic acids is 2. The SMILES string of the molecule is O=C(C1CCN(C(=O)C2CC2)CC1)N1CCOCC1. The number of carbonyl (C=O) groups is 2. The minimum Gasteiger partial charge on any atom is -0.378 e. The molecule has 0 aromatic carbocycles. The molecule has 0 aromatic heterocycles. The number of rotatable bonds is 2. The second-order valence-corrected chi connectivity index (χ2v) is 5.81. The molecule has 5 nitrogen and oxygen atoms in total. The molecule has 1 saturated carbocycles. The fraction of sp³-hybridized carbons (Fsp3) is 0.857. The van der Waals surface area contributed by atoms with Gasteiger partial charge in [-0.25, -0.2) is 0 Å². The van der Waals surface area contributed by atoms with Crippen molar-refractivity contribution in [3.05, 3.63) is 0 Å². The molecule has 2 aliphatic heterocycles. The zero-order valence-corrected chi connectivity index (χ0v) is 11.3. The van der Waals surface area contributed by atoms with Crippen LogP contribution in [0.2, 0.25) is 0 Å². The summed E-state index contributed by atoms with van der Waals surface area (Å²) in [6, 6.07) is 0. The maximum atomic E-state index is 12.3. The van der Waals surface area contributed by atoms with Crippen LogP contribution in [0, 0.1) is 11.8 Å². The molecule has 5 heteroatoms. The predicted octanol–water partition coefficient (Wildman–Crippen LogP) is 0.494. The first-order chi connectivity index (χ1) is 9.25. The summed E-state index contributed by atoms with van der Waals surface area (Å²) >= 11 is 0. The molecule has 106 valence electrons. The fourth-order valence-electron chi connectivity index (χ4n) is 2.98. The van der Waals surface area contributed by atoms with Crippen molar-refractivity contribution in [3.63, 3.8) is 0 Å². The summed E-state index contributed by atoms with van der Waals surface area (Å²) < 4.78 is 5.27. The Labute approximate surface area is 113 Å². The van der Waals surface area contributed by atoms with Crippen LogP contribution in [0.3, 0.4) is 0 Å². The number of amides is 2. The molecule has 3 aliphatic rings. The molecule has 0 spiro atoms. The van der Waals surface area contributed by atoms with Crippen LogP contribution in [0.15, 0.2) is 0 Å². The molecule has 0 aromatic rings. The third kappa shape index (κ3) is 2.91. The van der Waals surface area contributed by atoms with E-state index in [0.717, 1.165) is 51.9 Å². The van der Waals surface area contributed by atoms with E-state index in [1.54, 1.807) is 0 Å². The molecule has 1 aliphatic carbocycles. The average Bonchev–Trinajstić information content (AvgIpc) is 3.31. The quantitative estimate of drug-likeness (QED) is 0.731. The number of piperidine rings is 1. The Kier molecular flexibility index (Phi) is 3.73. The van der Waals surface area contributed by atoms with E-state index >= 15 is 0 Å². The molecule has 3 rings (SSSR count). The van der Waals surface area contributed by atoms with Crippen molar-refractivity contribution in [2.75, 3.05) is 39.4 Å². The number of nitrogens with zero attached hydrogens (tertiary/aromatic N) is 2. The summed E-state index contributed by atoms with van der Waals surface area (Å²) in [7, 11) is 0. The molecular formula is C14H22N2O3.